The Morgan fingerprint density at radius 2 is 1.79 bits per heavy atom. The molecule has 1 aliphatic rings. The number of nitrogens with one attached hydrogen (secondary N) is 1. The van der Waals surface area contributed by atoms with Crippen molar-refractivity contribution in [3.05, 3.63) is 48.0 Å². The summed E-state index contributed by atoms with van der Waals surface area (Å²) in [6, 6.07) is 11.6. The smallest absolute Gasteiger partial charge is 0.242 e. The van der Waals surface area contributed by atoms with E-state index in [1.807, 2.05) is 38.1 Å². The van der Waals surface area contributed by atoms with Crippen molar-refractivity contribution in [2.24, 2.45) is 0 Å². The van der Waals surface area contributed by atoms with Crippen molar-refractivity contribution in [3.8, 4) is 17.2 Å². The second-order valence-corrected chi connectivity index (χ2v) is 11.0. The van der Waals surface area contributed by atoms with Crippen molar-refractivity contribution >= 4 is 27.5 Å². The molecule has 208 valence electrons. The molecular weight excluding hydrogens is 510 g/mol. The minimum Gasteiger partial charge on any atom is -0.497 e. The summed E-state index contributed by atoms with van der Waals surface area (Å²) < 4.78 is 42.3. The fourth-order valence-electron chi connectivity index (χ4n) is 4.26. The number of ether oxygens (including phenoxy) is 3. The van der Waals surface area contributed by atoms with Gasteiger partial charge in [-0.05, 0) is 49.1 Å². The first-order valence-electron chi connectivity index (χ1n) is 12.7. The van der Waals surface area contributed by atoms with Gasteiger partial charge >= 0.3 is 0 Å². The molecule has 0 spiro atoms. The predicted molar refractivity (Wildman–Crippen MR) is 145 cm³/mol. The van der Waals surface area contributed by atoms with Crippen LogP contribution < -0.4 is 23.8 Å². The average Bonchev–Trinajstić information content (AvgIpc) is 3.37. The van der Waals surface area contributed by atoms with E-state index in [-0.39, 0.29) is 44.5 Å². The fourth-order valence-corrected chi connectivity index (χ4v) is 5.21. The number of carbonyl (C=O) groups is 2. The van der Waals surface area contributed by atoms with Crippen molar-refractivity contribution in [3.63, 3.8) is 0 Å². The molecule has 11 heteroatoms. The molecule has 1 atom stereocenters. The van der Waals surface area contributed by atoms with Crippen LogP contribution in [0.3, 0.4) is 0 Å². The number of amides is 2. The summed E-state index contributed by atoms with van der Waals surface area (Å²) in [6.45, 7) is 4.79. The van der Waals surface area contributed by atoms with Crippen LogP contribution in [0.1, 0.15) is 45.1 Å². The van der Waals surface area contributed by atoms with Crippen molar-refractivity contribution in [1.29, 1.82) is 0 Å². The zero-order valence-electron chi connectivity index (χ0n) is 22.4. The van der Waals surface area contributed by atoms with Crippen LogP contribution in [0.4, 0.5) is 5.69 Å². The molecule has 2 aromatic carbocycles. The maximum Gasteiger partial charge on any atom is 0.242 e. The topological polar surface area (TPSA) is 114 Å². The van der Waals surface area contributed by atoms with Gasteiger partial charge in [-0.3, -0.25) is 13.9 Å². The van der Waals surface area contributed by atoms with Crippen molar-refractivity contribution in [1.82, 2.24) is 10.2 Å². The first-order valence-corrected chi connectivity index (χ1v) is 14.6. The predicted octanol–water partition coefficient (Wildman–Crippen LogP) is 3.30. The van der Waals surface area contributed by atoms with E-state index in [1.165, 1.54) is 4.31 Å². The number of hydrogen-bond donors (Lipinski definition) is 1. The highest BCUT2D eigenvalue weighted by Gasteiger charge is 2.29. The van der Waals surface area contributed by atoms with Gasteiger partial charge in [0.2, 0.25) is 28.6 Å². The molecule has 0 radical (unpaired) electrons. The molecule has 38 heavy (non-hydrogen) atoms. The van der Waals surface area contributed by atoms with Crippen LogP contribution in [0.2, 0.25) is 0 Å². The molecule has 10 nitrogen and oxygen atoms in total. The van der Waals surface area contributed by atoms with Crippen molar-refractivity contribution in [2.45, 2.75) is 52.1 Å². The lowest BCUT2D eigenvalue weighted by Gasteiger charge is -2.31. The van der Waals surface area contributed by atoms with Crippen LogP contribution in [-0.2, 0) is 26.2 Å². The summed E-state index contributed by atoms with van der Waals surface area (Å²) in [5.41, 5.74) is 1.30. The highest BCUT2D eigenvalue weighted by molar-refractivity contribution is 7.92. The number of methoxy groups -OCH3 is 1. The van der Waals surface area contributed by atoms with Crippen LogP contribution in [0.5, 0.6) is 17.2 Å². The molecule has 1 N–H and O–H groups in total. The Bertz CT molecular complexity index is 1200. The Kier molecular flexibility index (Phi) is 10.2. The Balaban J connectivity index is 1.75. The second-order valence-electron chi connectivity index (χ2n) is 9.06. The lowest BCUT2D eigenvalue weighted by atomic mass is 10.1. The van der Waals surface area contributed by atoms with Crippen LogP contribution in [0, 0.1) is 0 Å². The molecule has 0 bridgehead atoms. The monoisotopic (exact) mass is 547 g/mol. The third-order valence-corrected chi connectivity index (χ3v) is 7.44. The van der Waals surface area contributed by atoms with Gasteiger partial charge in [0.1, 0.15) is 11.8 Å². The van der Waals surface area contributed by atoms with Gasteiger partial charge in [0.05, 0.1) is 19.1 Å². The number of hydrogen-bond acceptors (Lipinski definition) is 7. The van der Waals surface area contributed by atoms with E-state index in [0.29, 0.717) is 35.9 Å². The van der Waals surface area contributed by atoms with Crippen LogP contribution in [0.25, 0.3) is 0 Å². The molecule has 0 saturated heterocycles. The highest BCUT2D eigenvalue weighted by Crippen LogP contribution is 2.36. The average molecular weight is 548 g/mol. The number of benzene rings is 2. The van der Waals surface area contributed by atoms with Crippen LogP contribution in [-0.4, -0.2) is 64.4 Å². The normalized spacial score (nSPS) is 13.1. The van der Waals surface area contributed by atoms with Crippen LogP contribution >= 0.6 is 0 Å². The number of fused-ring (bicyclic) bond motifs is 1. The SMILES string of the molecule is CCCNC(=O)[C@H](CC)N(Cc1ccc(OC)cc1)C(=O)CCCN(c1ccc2c(c1)OCO2)S(C)(=O)=O. The number of carbonyl (C=O) groups excluding carboxylic acids is 2. The third-order valence-electron chi connectivity index (χ3n) is 6.24. The molecule has 1 aliphatic heterocycles. The molecule has 1 heterocycles. The van der Waals surface area contributed by atoms with E-state index in [9.17, 15) is 18.0 Å². The molecule has 2 aromatic rings. The van der Waals surface area contributed by atoms with Gasteiger partial charge in [0.25, 0.3) is 0 Å². The number of anilines is 1. The van der Waals surface area contributed by atoms with Gasteiger partial charge in [-0.25, -0.2) is 8.42 Å². The third kappa shape index (κ3) is 7.53. The van der Waals surface area contributed by atoms with E-state index >= 15 is 0 Å². The summed E-state index contributed by atoms with van der Waals surface area (Å²) in [7, 11) is -2.03. The Morgan fingerprint density at radius 1 is 1.08 bits per heavy atom. The molecule has 3 rings (SSSR count). The molecule has 2 amide bonds. The maximum atomic E-state index is 13.5. The van der Waals surface area contributed by atoms with Gasteiger partial charge in [0, 0.05) is 32.1 Å². The van der Waals surface area contributed by atoms with Crippen molar-refractivity contribution < 1.29 is 32.2 Å². The number of nitrogens with zero attached hydrogens (tertiary/aromatic N) is 2. The summed E-state index contributed by atoms with van der Waals surface area (Å²) in [5.74, 6) is 1.30. The summed E-state index contributed by atoms with van der Waals surface area (Å²) in [5, 5.41) is 2.90. The zero-order valence-corrected chi connectivity index (χ0v) is 23.3. The van der Waals surface area contributed by atoms with Gasteiger partial charge in [-0.1, -0.05) is 26.0 Å². The minimum absolute atomic E-state index is 0.0737. The Morgan fingerprint density at radius 3 is 2.42 bits per heavy atom. The molecule has 0 fully saturated rings. The van der Waals surface area contributed by atoms with Crippen LogP contribution in [0.15, 0.2) is 42.5 Å². The van der Waals surface area contributed by atoms with E-state index < -0.39 is 16.1 Å². The summed E-state index contributed by atoms with van der Waals surface area (Å²) in [6.07, 6.45) is 2.71. The van der Waals surface area contributed by atoms with Gasteiger partial charge in [0.15, 0.2) is 11.5 Å². The molecule has 0 aliphatic carbocycles. The number of rotatable bonds is 14. The Labute approximate surface area is 224 Å². The minimum atomic E-state index is -3.62. The summed E-state index contributed by atoms with van der Waals surface area (Å²) in [4.78, 5) is 28.0. The van der Waals surface area contributed by atoms with Gasteiger partial charge in [-0.2, -0.15) is 0 Å². The first kappa shape index (κ1) is 29.1. The quantitative estimate of drug-likeness (QED) is 0.386. The highest BCUT2D eigenvalue weighted by atomic mass is 32.2. The van der Waals surface area contributed by atoms with E-state index in [4.69, 9.17) is 14.2 Å². The van der Waals surface area contributed by atoms with E-state index in [0.717, 1.165) is 18.2 Å². The first-order chi connectivity index (χ1) is 18.2. The van der Waals surface area contributed by atoms with Crippen molar-refractivity contribution in [2.75, 3.05) is 37.6 Å². The molecule has 0 unspecified atom stereocenters. The fraction of sp³-hybridized carbons (Fsp3) is 0.481. The van der Waals surface area contributed by atoms with Gasteiger partial charge < -0.3 is 24.4 Å². The lowest BCUT2D eigenvalue weighted by molar-refractivity contribution is -0.141. The molecular formula is C27H37N3O7S. The maximum absolute atomic E-state index is 13.5. The largest absolute Gasteiger partial charge is 0.497 e. The standard InChI is InChI=1S/C27H37N3O7S/c1-5-15-28-27(32)23(6-2)29(18-20-9-12-22(35-3)13-10-20)26(31)8-7-16-30(38(4,33)34)21-11-14-24-25(17-21)37-19-36-24/h9-14,17,23H,5-8,15-16,18-19H2,1-4H3,(H,28,32)/t23-/m0/s1. The molecule has 0 aromatic heterocycles. The number of sulfonamides is 1. The van der Waals surface area contributed by atoms with Gasteiger partial charge in [-0.15, -0.1) is 0 Å². The lowest BCUT2D eigenvalue weighted by Crippen LogP contribution is -2.49. The summed E-state index contributed by atoms with van der Waals surface area (Å²) >= 11 is 0. The van der Waals surface area contributed by atoms with E-state index in [1.54, 1.807) is 30.2 Å². The zero-order chi connectivity index (χ0) is 27.7. The Hall–Kier alpha value is -3.47. The second kappa shape index (κ2) is 13.4. The van der Waals surface area contributed by atoms with E-state index in [2.05, 4.69) is 5.32 Å². The molecule has 0 saturated carbocycles.